The quantitative estimate of drug-likeness (QED) is 0.539. The molecule has 1 heterocycles. The standard InChI is InChI=1S/C19H21BrN2O2/c1-24-19-7-6-13(10-16(19)20)18(23)12-21-9-8-14-11-22-17-5-3-2-4-15(14)17/h2-7,10-11,18,21-23H,8-9,12H2,1H3/t18-/m1/s1. The Kier molecular flexibility index (Phi) is 5.56. The Morgan fingerprint density at radius 3 is 2.88 bits per heavy atom. The molecule has 3 N–H and O–H groups in total. The fraction of sp³-hybridized carbons (Fsp3) is 0.263. The van der Waals surface area contributed by atoms with Crippen molar-refractivity contribution in [2.75, 3.05) is 20.2 Å². The van der Waals surface area contributed by atoms with E-state index in [1.807, 2.05) is 24.3 Å². The van der Waals surface area contributed by atoms with Gasteiger partial charge in [-0.25, -0.2) is 0 Å². The minimum atomic E-state index is -0.546. The average Bonchev–Trinajstić information content (AvgIpc) is 3.01. The maximum absolute atomic E-state index is 10.3. The second kappa shape index (κ2) is 7.83. The summed E-state index contributed by atoms with van der Waals surface area (Å²) in [6.45, 7) is 1.33. The normalized spacial score (nSPS) is 12.5. The van der Waals surface area contributed by atoms with Gasteiger partial charge < -0.3 is 20.1 Å². The maximum atomic E-state index is 10.3. The van der Waals surface area contributed by atoms with E-state index in [-0.39, 0.29) is 0 Å². The van der Waals surface area contributed by atoms with Gasteiger partial charge in [0, 0.05) is 23.6 Å². The number of benzene rings is 2. The Balaban J connectivity index is 1.52. The van der Waals surface area contributed by atoms with Gasteiger partial charge >= 0.3 is 0 Å². The van der Waals surface area contributed by atoms with Gasteiger partial charge in [-0.1, -0.05) is 24.3 Å². The van der Waals surface area contributed by atoms with Crippen LogP contribution in [-0.4, -0.2) is 30.3 Å². The zero-order chi connectivity index (χ0) is 16.9. The second-order valence-electron chi connectivity index (χ2n) is 5.72. The van der Waals surface area contributed by atoms with Crippen molar-refractivity contribution < 1.29 is 9.84 Å². The number of aromatic nitrogens is 1. The molecule has 3 aromatic rings. The van der Waals surface area contributed by atoms with E-state index in [9.17, 15) is 5.11 Å². The summed E-state index contributed by atoms with van der Waals surface area (Å²) in [5, 5.41) is 14.9. The summed E-state index contributed by atoms with van der Waals surface area (Å²) in [7, 11) is 1.63. The fourth-order valence-electron chi connectivity index (χ4n) is 2.81. The number of para-hydroxylation sites is 1. The molecule has 0 saturated heterocycles. The number of methoxy groups -OCH3 is 1. The van der Waals surface area contributed by atoms with Crippen molar-refractivity contribution >= 4 is 26.8 Å². The molecule has 0 bridgehead atoms. The summed E-state index contributed by atoms with van der Waals surface area (Å²) >= 11 is 3.45. The zero-order valence-corrected chi connectivity index (χ0v) is 15.1. The van der Waals surface area contributed by atoms with Crippen molar-refractivity contribution in [2.24, 2.45) is 0 Å². The summed E-state index contributed by atoms with van der Waals surface area (Å²) < 4.78 is 6.06. The highest BCUT2D eigenvalue weighted by atomic mass is 79.9. The first-order valence-electron chi connectivity index (χ1n) is 7.96. The molecule has 3 rings (SSSR count). The second-order valence-corrected chi connectivity index (χ2v) is 6.58. The number of halogens is 1. The molecule has 0 unspecified atom stereocenters. The minimum absolute atomic E-state index is 0.515. The molecule has 0 radical (unpaired) electrons. The van der Waals surface area contributed by atoms with Crippen LogP contribution >= 0.6 is 15.9 Å². The maximum Gasteiger partial charge on any atom is 0.133 e. The van der Waals surface area contributed by atoms with Crippen LogP contribution in [0.5, 0.6) is 5.75 Å². The van der Waals surface area contributed by atoms with E-state index >= 15 is 0 Å². The molecule has 5 heteroatoms. The van der Waals surface area contributed by atoms with Gasteiger partial charge in [0.05, 0.1) is 17.7 Å². The Labute approximate surface area is 150 Å². The highest BCUT2D eigenvalue weighted by Crippen LogP contribution is 2.27. The molecule has 0 saturated carbocycles. The predicted molar refractivity (Wildman–Crippen MR) is 101 cm³/mol. The fourth-order valence-corrected chi connectivity index (χ4v) is 3.37. The molecule has 1 atom stereocenters. The Bertz CT molecular complexity index is 816. The van der Waals surface area contributed by atoms with Gasteiger partial charge in [0.15, 0.2) is 0 Å². The third-order valence-electron chi connectivity index (χ3n) is 4.14. The third kappa shape index (κ3) is 3.80. The number of rotatable bonds is 7. The highest BCUT2D eigenvalue weighted by Gasteiger charge is 2.10. The van der Waals surface area contributed by atoms with E-state index in [1.165, 1.54) is 10.9 Å². The van der Waals surface area contributed by atoms with Crippen LogP contribution in [-0.2, 0) is 6.42 Å². The van der Waals surface area contributed by atoms with Gasteiger partial charge in [-0.05, 0) is 58.2 Å². The van der Waals surface area contributed by atoms with Crippen LogP contribution in [0.3, 0.4) is 0 Å². The van der Waals surface area contributed by atoms with Crippen LogP contribution in [0.4, 0.5) is 0 Å². The molecular weight excluding hydrogens is 368 g/mol. The lowest BCUT2D eigenvalue weighted by Gasteiger charge is -2.13. The highest BCUT2D eigenvalue weighted by molar-refractivity contribution is 9.10. The molecule has 126 valence electrons. The third-order valence-corrected chi connectivity index (χ3v) is 4.76. The molecule has 4 nitrogen and oxygen atoms in total. The number of aliphatic hydroxyl groups is 1. The van der Waals surface area contributed by atoms with Crippen LogP contribution in [0.2, 0.25) is 0 Å². The number of hydrogen-bond acceptors (Lipinski definition) is 3. The lowest BCUT2D eigenvalue weighted by Crippen LogP contribution is -2.23. The first-order chi connectivity index (χ1) is 11.7. The van der Waals surface area contributed by atoms with Gasteiger partial charge in [0.25, 0.3) is 0 Å². The molecule has 0 aliphatic heterocycles. The Morgan fingerprint density at radius 2 is 2.08 bits per heavy atom. The number of H-pyrrole nitrogens is 1. The predicted octanol–water partition coefficient (Wildman–Crippen LogP) is 3.80. The summed E-state index contributed by atoms with van der Waals surface area (Å²) in [5.74, 6) is 0.762. The van der Waals surface area contributed by atoms with Gasteiger partial charge in [0.2, 0.25) is 0 Å². The first kappa shape index (κ1) is 17.0. The van der Waals surface area contributed by atoms with E-state index in [4.69, 9.17) is 4.74 Å². The Morgan fingerprint density at radius 1 is 1.25 bits per heavy atom. The van der Waals surface area contributed by atoms with E-state index in [0.717, 1.165) is 34.3 Å². The Hall–Kier alpha value is -1.82. The van der Waals surface area contributed by atoms with Crippen molar-refractivity contribution in [3.63, 3.8) is 0 Å². The number of ether oxygens (including phenoxy) is 1. The van der Waals surface area contributed by atoms with Gasteiger partial charge in [-0.3, -0.25) is 0 Å². The molecule has 0 spiro atoms. The largest absolute Gasteiger partial charge is 0.496 e. The number of aliphatic hydroxyl groups excluding tert-OH is 1. The van der Waals surface area contributed by atoms with Crippen molar-refractivity contribution in [3.05, 3.63) is 64.3 Å². The topological polar surface area (TPSA) is 57.3 Å². The lowest BCUT2D eigenvalue weighted by molar-refractivity contribution is 0.175. The van der Waals surface area contributed by atoms with Gasteiger partial charge in [-0.15, -0.1) is 0 Å². The SMILES string of the molecule is COc1ccc([C@H](O)CNCCc2c[nH]c3ccccc23)cc1Br. The zero-order valence-electron chi connectivity index (χ0n) is 13.6. The molecule has 1 aromatic heterocycles. The van der Waals surface area contributed by atoms with Crippen molar-refractivity contribution in [3.8, 4) is 5.75 Å². The van der Waals surface area contributed by atoms with E-state index in [1.54, 1.807) is 7.11 Å². The smallest absolute Gasteiger partial charge is 0.133 e. The molecule has 2 aromatic carbocycles. The summed E-state index contributed by atoms with van der Waals surface area (Å²) in [4.78, 5) is 3.29. The summed E-state index contributed by atoms with van der Waals surface area (Å²) in [6, 6.07) is 13.9. The first-order valence-corrected chi connectivity index (χ1v) is 8.75. The van der Waals surface area contributed by atoms with Crippen LogP contribution in [0.15, 0.2) is 53.1 Å². The molecule has 0 aliphatic carbocycles. The van der Waals surface area contributed by atoms with Crippen LogP contribution in [0, 0.1) is 0 Å². The number of hydrogen-bond donors (Lipinski definition) is 3. The number of aromatic amines is 1. The van der Waals surface area contributed by atoms with Crippen molar-refractivity contribution in [1.29, 1.82) is 0 Å². The molecular formula is C19H21BrN2O2. The molecule has 24 heavy (non-hydrogen) atoms. The van der Waals surface area contributed by atoms with E-state index < -0.39 is 6.10 Å². The number of fused-ring (bicyclic) bond motifs is 1. The summed E-state index contributed by atoms with van der Waals surface area (Å²) in [5.41, 5.74) is 3.32. The number of nitrogens with one attached hydrogen (secondary N) is 2. The van der Waals surface area contributed by atoms with Crippen LogP contribution in [0.25, 0.3) is 10.9 Å². The van der Waals surface area contributed by atoms with Crippen LogP contribution in [0.1, 0.15) is 17.2 Å². The summed E-state index contributed by atoms with van der Waals surface area (Å²) in [6.07, 6.45) is 2.43. The molecule has 0 aliphatic rings. The van der Waals surface area contributed by atoms with Gasteiger partial charge in [0.1, 0.15) is 5.75 Å². The molecule has 0 fully saturated rings. The minimum Gasteiger partial charge on any atom is -0.496 e. The van der Waals surface area contributed by atoms with Crippen LogP contribution < -0.4 is 10.1 Å². The molecule has 0 amide bonds. The van der Waals surface area contributed by atoms with E-state index in [2.05, 4.69) is 50.6 Å². The van der Waals surface area contributed by atoms with E-state index in [0.29, 0.717) is 6.54 Å². The lowest BCUT2D eigenvalue weighted by atomic mass is 10.1. The van der Waals surface area contributed by atoms with Crippen molar-refractivity contribution in [2.45, 2.75) is 12.5 Å². The monoisotopic (exact) mass is 388 g/mol. The van der Waals surface area contributed by atoms with Gasteiger partial charge in [-0.2, -0.15) is 0 Å². The average molecular weight is 389 g/mol. The van der Waals surface area contributed by atoms with Crippen molar-refractivity contribution in [1.82, 2.24) is 10.3 Å².